The summed E-state index contributed by atoms with van der Waals surface area (Å²) in [6.45, 7) is 2.32. The number of nitrogens with zero attached hydrogens (tertiary/aromatic N) is 2. The van der Waals surface area contributed by atoms with E-state index in [4.69, 9.17) is 13.7 Å². The number of rotatable bonds is 8. The average Bonchev–Trinajstić information content (AvgIpc) is 3.27. The van der Waals surface area contributed by atoms with E-state index in [9.17, 15) is 8.42 Å². The van der Waals surface area contributed by atoms with Gasteiger partial charge in [-0.15, -0.1) is 0 Å². The molecule has 0 saturated carbocycles. The summed E-state index contributed by atoms with van der Waals surface area (Å²) in [6.07, 6.45) is 0.573. The maximum absolute atomic E-state index is 12.4. The van der Waals surface area contributed by atoms with Crippen LogP contribution in [-0.4, -0.2) is 38.8 Å². The lowest BCUT2D eigenvalue weighted by atomic mass is 10.2. The molecule has 0 spiro atoms. The zero-order valence-corrected chi connectivity index (χ0v) is 15.2. The van der Waals surface area contributed by atoms with Crippen LogP contribution in [0.1, 0.15) is 12.2 Å². The van der Waals surface area contributed by atoms with Gasteiger partial charge in [-0.05, 0) is 13.3 Å². The SMILES string of the molecule is COCCCNS(=O)(=O)c1cc(-c2nc(-c3ccccc3)no2)oc1C. The first-order chi connectivity index (χ1) is 12.5. The van der Waals surface area contributed by atoms with Gasteiger partial charge in [0.1, 0.15) is 10.7 Å². The van der Waals surface area contributed by atoms with E-state index in [2.05, 4.69) is 14.9 Å². The second kappa shape index (κ2) is 7.81. The van der Waals surface area contributed by atoms with Crippen molar-refractivity contribution in [2.24, 2.45) is 0 Å². The van der Waals surface area contributed by atoms with Gasteiger partial charge in [0.05, 0.1) is 0 Å². The highest BCUT2D eigenvalue weighted by atomic mass is 32.2. The largest absolute Gasteiger partial charge is 0.455 e. The maximum atomic E-state index is 12.4. The van der Waals surface area contributed by atoms with Gasteiger partial charge in [0.2, 0.25) is 15.8 Å². The van der Waals surface area contributed by atoms with E-state index in [0.29, 0.717) is 18.9 Å². The first-order valence-electron chi connectivity index (χ1n) is 8.00. The highest BCUT2D eigenvalue weighted by molar-refractivity contribution is 7.89. The van der Waals surface area contributed by atoms with Crippen LogP contribution in [0.2, 0.25) is 0 Å². The molecule has 138 valence electrons. The summed E-state index contributed by atoms with van der Waals surface area (Å²) in [6, 6.07) is 10.7. The van der Waals surface area contributed by atoms with Gasteiger partial charge < -0.3 is 13.7 Å². The minimum Gasteiger partial charge on any atom is -0.455 e. The van der Waals surface area contributed by atoms with Crippen LogP contribution in [0.25, 0.3) is 23.0 Å². The smallest absolute Gasteiger partial charge is 0.293 e. The second-order valence-corrected chi connectivity index (χ2v) is 7.30. The third-order valence-corrected chi connectivity index (χ3v) is 5.22. The van der Waals surface area contributed by atoms with Crippen LogP contribution in [0.3, 0.4) is 0 Å². The van der Waals surface area contributed by atoms with Gasteiger partial charge in [-0.2, -0.15) is 4.98 Å². The second-order valence-electron chi connectivity index (χ2n) is 5.56. The summed E-state index contributed by atoms with van der Waals surface area (Å²) >= 11 is 0. The normalized spacial score (nSPS) is 11.8. The van der Waals surface area contributed by atoms with Crippen molar-refractivity contribution < 1.29 is 22.1 Å². The van der Waals surface area contributed by atoms with Crippen LogP contribution in [0.5, 0.6) is 0 Å². The molecule has 1 N–H and O–H groups in total. The van der Waals surface area contributed by atoms with E-state index in [1.54, 1.807) is 14.0 Å². The summed E-state index contributed by atoms with van der Waals surface area (Å²) in [5.41, 5.74) is 0.790. The Morgan fingerprint density at radius 1 is 1.23 bits per heavy atom. The Morgan fingerprint density at radius 2 is 2.00 bits per heavy atom. The van der Waals surface area contributed by atoms with Gasteiger partial charge in [-0.3, -0.25) is 0 Å². The molecular weight excluding hydrogens is 358 g/mol. The Bertz CT molecular complexity index is 963. The van der Waals surface area contributed by atoms with Crippen LogP contribution in [0.15, 0.2) is 50.2 Å². The van der Waals surface area contributed by atoms with E-state index in [1.165, 1.54) is 6.07 Å². The van der Waals surface area contributed by atoms with E-state index >= 15 is 0 Å². The topological polar surface area (TPSA) is 107 Å². The number of hydrogen-bond donors (Lipinski definition) is 1. The molecule has 2 heterocycles. The Morgan fingerprint density at radius 3 is 2.73 bits per heavy atom. The third kappa shape index (κ3) is 4.01. The van der Waals surface area contributed by atoms with Crippen molar-refractivity contribution in [3.63, 3.8) is 0 Å². The molecule has 0 unspecified atom stereocenters. The Labute approximate surface area is 151 Å². The number of benzene rings is 1. The predicted octanol–water partition coefficient (Wildman–Crippen LogP) is 2.62. The number of ether oxygens (including phenoxy) is 1. The molecule has 0 bridgehead atoms. The molecule has 0 amide bonds. The van der Waals surface area contributed by atoms with Gasteiger partial charge in [-0.1, -0.05) is 35.5 Å². The molecule has 3 rings (SSSR count). The minimum atomic E-state index is -3.69. The Hall–Kier alpha value is -2.49. The zero-order chi connectivity index (χ0) is 18.6. The average molecular weight is 377 g/mol. The van der Waals surface area contributed by atoms with Crippen molar-refractivity contribution in [3.8, 4) is 23.0 Å². The highest BCUT2D eigenvalue weighted by Gasteiger charge is 2.24. The van der Waals surface area contributed by atoms with Crippen LogP contribution in [0.4, 0.5) is 0 Å². The summed E-state index contributed by atoms with van der Waals surface area (Å²) in [5, 5.41) is 3.91. The number of aryl methyl sites for hydroxylation is 1. The molecule has 0 saturated heterocycles. The van der Waals surface area contributed by atoms with Gasteiger partial charge >= 0.3 is 0 Å². The molecule has 2 aromatic heterocycles. The van der Waals surface area contributed by atoms with Crippen LogP contribution in [0, 0.1) is 6.92 Å². The summed E-state index contributed by atoms with van der Waals surface area (Å²) in [7, 11) is -2.13. The van der Waals surface area contributed by atoms with Crippen LogP contribution < -0.4 is 4.72 Å². The lowest BCUT2D eigenvalue weighted by Crippen LogP contribution is -2.25. The van der Waals surface area contributed by atoms with Crippen molar-refractivity contribution in [1.82, 2.24) is 14.9 Å². The molecule has 8 nitrogen and oxygen atoms in total. The number of sulfonamides is 1. The number of methoxy groups -OCH3 is 1. The molecule has 0 aliphatic rings. The first kappa shape index (κ1) is 18.3. The summed E-state index contributed by atoms with van der Waals surface area (Å²) in [5.74, 6) is 0.970. The van der Waals surface area contributed by atoms with Gasteiger partial charge in [0.25, 0.3) is 5.89 Å². The highest BCUT2D eigenvalue weighted by Crippen LogP contribution is 2.28. The van der Waals surface area contributed by atoms with Gasteiger partial charge in [0, 0.05) is 31.9 Å². The van der Waals surface area contributed by atoms with Crippen molar-refractivity contribution in [2.75, 3.05) is 20.3 Å². The molecule has 9 heteroatoms. The first-order valence-corrected chi connectivity index (χ1v) is 9.48. The van der Waals surface area contributed by atoms with E-state index < -0.39 is 10.0 Å². The Balaban J connectivity index is 1.81. The lowest BCUT2D eigenvalue weighted by molar-refractivity contribution is 0.196. The van der Waals surface area contributed by atoms with Crippen molar-refractivity contribution in [3.05, 3.63) is 42.2 Å². The number of furan rings is 1. The molecule has 1 aromatic carbocycles. The van der Waals surface area contributed by atoms with Crippen LogP contribution >= 0.6 is 0 Å². The van der Waals surface area contributed by atoms with Gasteiger partial charge in [0.15, 0.2) is 5.76 Å². The van der Waals surface area contributed by atoms with Crippen LogP contribution in [-0.2, 0) is 14.8 Å². The lowest BCUT2D eigenvalue weighted by Gasteiger charge is -2.04. The number of hydrogen-bond acceptors (Lipinski definition) is 7. The van der Waals surface area contributed by atoms with Crippen molar-refractivity contribution >= 4 is 10.0 Å². The van der Waals surface area contributed by atoms with E-state index in [1.807, 2.05) is 30.3 Å². The fourth-order valence-corrected chi connectivity index (χ4v) is 3.62. The van der Waals surface area contributed by atoms with E-state index in [0.717, 1.165) is 5.56 Å². The monoisotopic (exact) mass is 377 g/mol. The van der Waals surface area contributed by atoms with E-state index in [-0.39, 0.29) is 28.9 Å². The number of aromatic nitrogens is 2. The molecule has 26 heavy (non-hydrogen) atoms. The molecule has 0 radical (unpaired) electrons. The third-order valence-electron chi connectivity index (χ3n) is 3.65. The fourth-order valence-electron chi connectivity index (χ4n) is 2.37. The fraction of sp³-hybridized carbons (Fsp3) is 0.294. The molecule has 3 aromatic rings. The standard InChI is InChI=1S/C17H19N3O5S/c1-12-15(26(21,22)18-9-6-10-23-2)11-14(24-12)17-19-16(20-25-17)13-7-4-3-5-8-13/h3-5,7-8,11,18H,6,9-10H2,1-2H3. The quantitative estimate of drug-likeness (QED) is 0.601. The molecule has 0 fully saturated rings. The minimum absolute atomic E-state index is 0.0457. The maximum Gasteiger partial charge on any atom is 0.293 e. The predicted molar refractivity (Wildman–Crippen MR) is 93.9 cm³/mol. The van der Waals surface area contributed by atoms with Gasteiger partial charge in [-0.25, -0.2) is 13.1 Å². The summed E-state index contributed by atoms with van der Waals surface area (Å²) < 4.78 is 43.0. The molecule has 0 atom stereocenters. The zero-order valence-electron chi connectivity index (χ0n) is 14.4. The number of nitrogens with one attached hydrogen (secondary N) is 1. The Kier molecular flexibility index (Phi) is 5.50. The molecule has 0 aliphatic heterocycles. The van der Waals surface area contributed by atoms with Crippen molar-refractivity contribution in [1.29, 1.82) is 0 Å². The summed E-state index contributed by atoms with van der Waals surface area (Å²) in [4.78, 5) is 4.32. The van der Waals surface area contributed by atoms with Crippen molar-refractivity contribution in [2.45, 2.75) is 18.2 Å². The molecular formula is C17H19N3O5S. The molecule has 0 aliphatic carbocycles.